The van der Waals surface area contributed by atoms with E-state index in [0.717, 1.165) is 18.8 Å². The molecule has 1 aliphatic rings. The van der Waals surface area contributed by atoms with Gasteiger partial charge >= 0.3 is 0 Å². The molecule has 0 radical (unpaired) electrons. The largest absolute Gasteiger partial charge is 0.393 e. The summed E-state index contributed by atoms with van der Waals surface area (Å²) in [6, 6.07) is 5.14. The van der Waals surface area contributed by atoms with Gasteiger partial charge < -0.3 is 16.4 Å². The highest BCUT2D eigenvalue weighted by Crippen LogP contribution is 2.30. The van der Waals surface area contributed by atoms with Crippen molar-refractivity contribution in [2.24, 2.45) is 5.41 Å². The lowest BCUT2D eigenvalue weighted by molar-refractivity contribution is -0.383. The minimum Gasteiger partial charge on any atom is -0.393 e. The Morgan fingerprint density at radius 3 is 2.90 bits per heavy atom. The summed E-state index contributed by atoms with van der Waals surface area (Å²) in [6.45, 7) is 6.34. The van der Waals surface area contributed by atoms with Crippen LogP contribution in [0.25, 0.3) is 0 Å². The SMILES string of the molecule is CC1(C)CCCNC1CNc1ccc([N+](=O)[O-])c(N)c1. The van der Waals surface area contributed by atoms with E-state index >= 15 is 0 Å². The van der Waals surface area contributed by atoms with Gasteiger partial charge in [0.25, 0.3) is 5.69 Å². The zero-order chi connectivity index (χ0) is 14.8. The van der Waals surface area contributed by atoms with Gasteiger partial charge in [-0.25, -0.2) is 0 Å². The van der Waals surface area contributed by atoms with E-state index in [1.165, 1.54) is 18.9 Å². The number of hydrogen-bond donors (Lipinski definition) is 3. The zero-order valence-electron chi connectivity index (χ0n) is 12.0. The van der Waals surface area contributed by atoms with Gasteiger partial charge in [-0.15, -0.1) is 0 Å². The second-order valence-corrected chi connectivity index (χ2v) is 6.01. The molecule has 4 N–H and O–H groups in total. The topological polar surface area (TPSA) is 93.2 Å². The number of nitrogens with one attached hydrogen (secondary N) is 2. The standard InChI is InChI=1S/C14H22N4O2/c1-14(2)6-3-7-16-13(14)9-17-10-4-5-12(18(19)20)11(15)8-10/h4-5,8,13,16-17H,3,6-7,9,15H2,1-2H3. The van der Waals surface area contributed by atoms with Crippen molar-refractivity contribution < 1.29 is 4.92 Å². The average Bonchev–Trinajstić information content (AvgIpc) is 2.36. The Morgan fingerprint density at radius 1 is 1.55 bits per heavy atom. The molecule has 0 amide bonds. The summed E-state index contributed by atoms with van der Waals surface area (Å²) in [5.41, 5.74) is 6.89. The second-order valence-electron chi connectivity index (χ2n) is 6.01. The van der Waals surface area contributed by atoms with Crippen LogP contribution in [0.2, 0.25) is 0 Å². The number of nitro benzene ring substituents is 1. The summed E-state index contributed by atoms with van der Waals surface area (Å²) < 4.78 is 0. The van der Waals surface area contributed by atoms with Crippen LogP contribution in [0.1, 0.15) is 26.7 Å². The fourth-order valence-corrected chi connectivity index (χ4v) is 2.67. The Labute approximate surface area is 118 Å². The normalized spacial score (nSPS) is 21.4. The first-order valence-electron chi connectivity index (χ1n) is 6.91. The van der Waals surface area contributed by atoms with Crippen molar-refractivity contribution in [2.75, 3.05) is 24.1 Å². The highest BCUT2D eigenvalue weighted by Gasteiger charge is 2.31. The molecule has 1 aromatic rings. The zero-order valence-corrected chi connectivity index (χ0v) is 12.0. The molecule has 1 atom stereocenters. The molecule has 0 aliphatic carbocycles. The molecular weight excluding hydrogens is 256 g/mol. The maximum absolute atomic E-state index is 10.7. The third kappa shape index (κ3) is 3.19. The number of hydrogen-bond acceptors (Lipinski definition) is 5. The molecule has 1 unspecified atom stereocenters. The lowest BCUT2D eigenvalue weighted by Gasteiger charge is -2.39. The average molecular weight is 278 g/mol. The Hall–Kier alpha value is -1.82. The van der Waals surface area contributed by atoms with E-state index in [0.29, 0.717) is 6.04 Å². The van der Waals surface area contributed by atoms with Gasteiger partial charge in [-0.1, -0.05) is 13.8 Å². The summed E-state index contributed by atoms with van der Waals surface area (Å²) in [5.74, 6) is 0. The van der Waals surface area contributed by atoms with Crippen molar-refractivity contribution in [3.05, 3.63) is 28.3 Å². The van der Waals surface area contributed by atoms with Crippen molar-refractivity contribution >= 4 is 17.1 Å². The van der Waals surface area contributed by atoms with Gasteiger partial charge in [-0.05, 0) is 36.9 Å². The first kappa shape index (κ1) is 14.6. The predicted octanol–water partition coefficient (Wildman–Crippen LogP) is 2.37. The lowest BCUT2D eigenvalue weighted by Crippen LogP contribution is -2.50. The number of piperidine rings is 1. The summed E-state index contributed by atoms with van der Waals surface area (Å²) in [4.78, 5) is 10.3. The van der Waals surface area contributed by atoms with E-state index in [-0.39, 0.29) is 16.8 Å². The minimum atomic E-state index is -0.467. The summed E-state index contributed by atoms with van der Waals surface area (Å²) in [7, 11) is 0. The lowest BCUT2D eigenvalue weighted by atomic mass is 9.77. The van der Waals surface area contributed by atoms with Crippen molar-refractivity contribution in [1.29, 1.82) is 0 Å². The number of nitro groups is 1. The van der Waals surface area contributed by atoms with Gasteiger partial charge in [0.15, 0.2) is 0 Å². The number of nitrogen functional groups attached to an aromatic ring is 1. The molecular formula is C14H22N4O2. The molecule has 1 saturated heterocycles. The first-order chi connectivity index (χ1) is 9.40. The fraction of sp³-hybridized carbons (Fsp3) is 0.571. The number of benzene rings is 1. The highest BCUT2D eigenvalue weighted by atomic mass is 16.6. The molecule has 0 saturated carbocycles. The number of rotatable bonds is 4. The van der Waals surface area contributed by atoms with Crippen LogP contribution >= 0.6 is 0 Å². The molecule has 110 valence electrons. The van der Waals surface area contributed by atoms with Crippen molar-refractivity contribution in [1.82, 2.24) is 5.32 Å². The maximum atomic E-state index is 10.7. The molecule has 20 heavy (non-hydrogen) atoms. The minimum absolute atomic E-state index is 0.0494. The summed E-state index contributed by atoms with van der Waals surface area (Å²) in [6.07, 6.45) is 2.41. The van der Waals surface area contributed by atoms with Crippen molar-refractivity contribution in [3.8, 4) is 0 Å². The highest BCUT2D eigenvalue weighted by molar-refractivity contribution is 5.65. The van der Waals surface area contributed by atoms with E-state index < -0.39 is 4.92 Å². The molecule has 1 aliphatic heterocycles. The van der Waals surface area contributed by atoms with Gasteiger partial charge in [-0.3, -0.25) is 10.1 Å². The summed E-state index contributed by atoms with van der Waals surface area (Å²) in [5, 5.41) is 17.6. The summed E-state index contributed by atoms with van der Waals surface area (Å²) >= 11 is 0. The molecule has 6 nitrogen and oxygen atoms in total. The predicted molar refractivity (Wildman–Crippen MR) is 80.8 cm³/mol. The van der Waals surface area contributed by atoms with Crippen LogP contribution in [-0.2, 0) is 0 Å². The molecule has 2 rings (SSSR count). The smallest absolute Gasteiger partial charge is 0.292 e. The number of anilines is 2. The van der Waals surface area contributed by atoms with E-state index in [4.69, 9.17) is 5.73 Å². The monoisotopic (exact) mass is 278 g/mol. The van der Waals surface area contributed by atoms with Crippen LogP contribution in [0.4, 0.5) is 17.1 Å². The molecule has 0 bridgehead atoms. The van der Waals surface area contributed by atoms with E-state index in [1.54, 1.807) is 12.1 Å². The Balaban J connectivity index is 2.00. The molecule has 1 fully saturated rings. The van der Waals surface area contributed by atoms with Crippen LogP contribution in [0, 0.1) is 15.5 Å². The second kappa shape index (κ2) is 5.66. The van der Waals surface area contributed by atoms with Gasteiger partial charge in [0.05, 0.1) is 4.92 Å². The van der Waals surface area contributed by atoms with E-state index in [1.807, 2.05) is 0 Å². The van der Waals surface area contributed by atoms with Gasteiger partial charge in [-0.2, -0.15) is 0 Å². The van der Waals surface area contributed by atoms with Gasteiger partial charge in [0.2, 0.25) is 0 Å². The maximum Gasteiger partial charge on any atom is 0.292 e. The van der Waals surface area contributed by atoms with Crippen LogP contribution < -0.4 is 16.4 Å². The Kier molecular flexibility index (Phi) is 4.13. The molecule has 6 heteroatoms. The van der Waals surface area contributed by atoms with Crippen LogP contribution in [0.5, 0.6) is 0 Å². The first-order valence-corrected chi connectivity index (χ1v) is 6.91. The molecule has 0 aromatic heterocycles. The third-order valence-corrected chi connectivity index (χ3v) is 4.07. The van der Waals surface area contributed by atoms with E-state index in [9.17, 15) is 10.1 Å². The van der Waals surface area contributed by atoms with Gasteiger partial charge in [0, 0.05) is 24.3 Å². The number of nitrogens with two attached hydrogens (primary N) is 1. The van der Waals surface area contributed by atoms with Crippen molar-refractivity contribution in [2.45, 2.75) is 32.7 Å². The van der Waals surface area contributed by atoms with Crippen LogP contribution in [-0.4, -0.2) is 24.1 Å². The number of nitrogens with zero attached hydrogens (tertiary/aromatic N) is 1. The van der Waals surface area contributed by atoms with Crippen molar-refractivity contribution in [3.63, 3.8) is 0 Å². The van der Waals surface area contributed by atoms with E-state index in [2.05, 4.69) is 24.5 Å². The quantitative estimate of drug-likeness (QED) is 0.446. The Bertz CT molecular complexity index is 502. The van der Waals surface area contributed by atoms with Gasteiger partial charge in [0.1, 0.15) is 5.69 Å². The third-order valence-electron chi connectivity index (χ3n) is 4.07. The molecule has 0 spiro atoms. The van der Waals surface area contributed by atoms with Crippen LogP contribution in [0.3, 0.4) is 0 Å². The fourth-order valence-electron chi connectivity index (χ4n) is 2.67. The molecule has 1 heterocycles. The molecule has 1 aromatic carbocycles. The Morgan fingerprint density at radius 2 is 2.30 bits per heavy atom. The van der Waals surface area contributed by atoms with Crippen LogP contribution in [0.15, 0.2) is 18.2 Å².